The van der Waals surface area contributed by atoms with E-state index in [1.807, 2.05) is 12.2 Å². The summed E-state index contributed by atoms with van der Waals surface area (Å²) in [4.78, 5) is 34.7. The van der Waals surface area contributed by atoms with Gasteiger partial charge >= 0.3 is 17.8 Å². The summed E-state index contributed by atoms with van der Waals surface area (Å²) < 4.78 is 5.23. The van der Waals surface area contributed by atoms with Gasteiger partial charge in [-0.15, -0.1) is 0 Å². The van der Waals surface area contributed by atoms with Crippen molar-refractivity contribution in [2.24, 2.45) is 5.41 Å². The average Bonchev–Trinajstić information content (AvgIpc) is 2.46. The van der Waals surface area contributed by atoms with Gasteiger partial charge in [-0.1, -0.05) is 6.92 Å². The molecule has 4 amide bonds. The maximum atomic E-state index is 11.4. The largest absolute Gasteiger partial charge is 0.381 e. The number of rotatable bonds is 2. The normalized spacial score (nSPS) is 24.8. The van der Waals surface area contributed by atoms with E-state index in [2.05, 4.69) is 0 Å². The summed E-state index contributed by atoms with van der Waals surface area (Å²) in [5, 5.41) is 1.99. The van der Waals surface area contributed by atoms with Crippen LogP contribution in [0.3, 0.4) is 0 Å². The minimum atomic E-state index is -0.833. The van der Waals surface area contributed by atoms with Gasteiger partial charge in [-0.05, 0) is 18.3 Å². The molecule has 0 spiro atoms. The van der Waals surface area contributed by atoms with Crippen molar-refractivity contribution in [2.75, 3.05) is 19.8 Å². The van der Waals surface area contributed by atoms with Gasteiger partial charge in [0, 0.05) is 19.8 Å². The lowest BCUT2D eigenvalue weighted by Crippen LogP contribution is -2.42. The number of imide groups is 2. The highest BCUT2D eigenvalue weighted by molar-refractivity contribution is 6.44. The number of urea groups is 1. The summed E-state index contributed by atoms with van der Waals surface area (Å²) in [7, 11) is 0. The molecule has 0 bridgehead atoms. The van der Waals surface area contributed by atoms with Crippen LogP contribution in [0.1, 0.15) is 19.8 Å². The van der Waals surface area contributed by atoms with Gasteiger partial charge in [-0.25, -0.2) is 4.79 Å². The van der Waals surface area contributed by atoms with Crippen molar-refractivity contribution in [3.05, 3.63) is 0 Å². The Balaban J connectivity index is 2.06. The Morgan fingerprint density at radius 3 is 2.44 bits per heavy atom. The van der Waals surface area contributed by atoms with Crippen LogP contribution in [0.2, 0.25) is 0 Å². The molecule has 0 aliphatic carbocycles. The van der Waals surface area contributed by atoms with E-state index in [-0.39, 0.29) is 12.0 Å². The van der Waals surface area contributed by atoms with E-state index in [1.54, 1.807) is 0 Å². The highest BCUT2D eigenvalue weighted by Gasteiger charge is 2.41. The Morgan fingerprint density at radius 2 is 1.94 bits per heavy atom. The van der Waals surface area contributed by atoms with E-state index in [9.17, 15) is 14.4 Å². The molecule has 1 N–H and O–H groups in total. The number of ether oxygens (including phenoxy) is 1. The third-order valence-corrected chi connectivity index (χ3v) is 3.14. The number of hydrogen-bond donors (Lipinski definition) is 1. The fourth-order valence-electron chi connectivity index (χ4n) is 1.98. The average molecular weight is 226 g/mol. The highest BCUT2D eigenvalue weighted by Crippen LogP contribution is 2.31. The zero-order chi connectivity index (χ0) is 11.8. The molecule has 0 saturated carbocycles. The lowest BCUT2D eigenvalue weighted by molar-refractivity contribution is -0.141. The first-order valence-corrected chi connectivity index (χ1v) is 5.26. The topological polar surface area (TPSA) is 75.7 Å². The second kappa shape index (κ2) is 3.86. The van der Waals surface area contributed by atoms with Gasteiger partial charge in [0.2, 0.25) is 0 Å². The third-order valence-electron chi connectivity index (χ3n) is 3.14. The lowest BCUT2D eigenvalue weighted by atomic mass is 9.82. The SMILES string of the molecule is CC1(CN2C(=O)NC(=O)C2=O)CCOCC1. The predicted octanol–water partition coefficient (Wildman–Crippen LogP) is -0.119. The number of amides is 4. The van der Waals surface area contributed by atoms with Crippen molar-refractivity contribution in [3.8, 4) is 0 Å². The van der Waals surface area contributed by atoms with Crippen molar-refractivity contribution in [1.82, 2.24) is 10.2 Å². The van der Waals surface area contributed by atoms with Crippen LogP contribution in [0.5, 0.6) is 0 Å². The van der Waals surface area contributed by atoms with Crippen LogP contribution in [0.4, 0.5) is 4.79 Å². The number of nitrogens with one attached hydrogen (secondary N) is 1. The zero-order valence-corrected chi connectivity index (χ0v) is 9.12. The summed E-state index contributed by atoms with van der Waals surface area (Å²) in [5.74, 6) is -1.58. The van der Waals surface area contributed by atoms with Gasteiger partial charge in [0.1, 0.15) is 0 Å². The van der Waals surface area contributed by atoms with E-state index in [0.29, 0.717) is 13.2 Å². The molecule has 0 atom stereocenters. The molecule has 0 unspecified atom stereocenters. The van der Waals surface area contributed by atoms with E-state index in [1.165, 1.54) is 0 Å². The number of hydrogen-bond acceptors (Lipinski definition) is 4. The van der Waals surface area contributed by atoms with Crippen LogP contribution in [0.15, 0.2) is 0 Å². The van der Waals surface area contributed by atoms with Crippen LogP contribution in [0, 0.1) is 5.41 Å². The van der Waals surface area contributed by atoms with Gasteiger partial charge in [-0.3, -0.25) is 19.8 Å². The summed E-state index contributed by atoms with van der Waals surface area (Å²) in [6.45, 7) is 3.55. The van der Waals surface area contributed by atoms with E-state index >= 15 is 0 Å². The molecule has 0 aromatic carbocycles. The third kappa shape index (κ3) is 1.92. The minimum Gasteiger partial charge on any atom is -0.381 e. The molecule has 2 aliphatic heterocycles. The second-order valence-corrected chi connectivity index (χ2v) is 4.57. The Morgan fingerprint density at radius 1 is 1.31 bits per heavy atom. The zero-order valence-electron chi connectivity index (χ0n) is 9.12. The fourth-order valence-corrected chi connectivity index (χ4v) is 1.98. The maximum Gasteiger partial charge on any atom is 0.331 e. The molecular formula is C10H14N2O4. The predicted molar refractivity (Wildman–Crippen MR) is 53.4 cm³/mol. The van der Waals surface area contributed by atoms with Gasteiger partial charge in [0.25, 0.3) is 0 Å². The molecule has 16 heavy (non-hydrogen) atoms. The maximum absolute atomic E-state index is 11.4. The molecule has 6 nitrogen and oxygen atoms in total. The summed E-state index contributed by atoms with van der Waals surface area (Å²) in [6, 6.07) is -0.609. The first-order valence-electron chi connectivity index (χ1n) is 5.26. The number of carbonyl (C=O) groups is 3. The number of nitrogens with zero attached hydrogens (tertiary/aromatic N) is 1. The van der Waals surface area contributed by atoms with Crippen molar-refractivity contribution < 1.29 is 19.1 Å². The molecule has 6 heteroatoms. The second-order valence-electron chi connectivity index (χ2n) is 4.57. The van der Waals surface area contributed by atoms with Gasteiger partial charge in [0.15, 0.2) is 0 Å². The highest BCUT2D eigenvalue weighted by atomic mass is 16.5. The molecule has 0 aromatic rings. The number of carbonyl (C=O) groups excluding carboxylic acids is 3. The fraction of sp³-hybridized carbons (Fsp3) is 0.700. The molecule has 2 fully saturated rings. The van der Waals surface area contributed by atoms with Crippen LogP contribution >= 0.6 is 0 Å². The van der Waals surface area contributed by atoms with Crippen LogP contribution < -0.4 is 5.32 Å². The van der Waals surface area contributed by atoms with Gasteiger partial charge < -0.3 is 4.74 Å². The van der Waals surface area contributed by atoms with Crippen molar-refractivity contribution in [1.29, 1.82) is 0 Å². The summed E-state index contributed by atoms with van der Waals surface area (Å²) in [5.41, 5.74) is -0.143. The van der Waals surface area contributed by atoms with Crippen molar-refractivity contribution in [3.63, 3.8) is 0 Å². The molecule has 2 aliphatic rings. The Kier molecular flexibility index (Phi) is 2.67. The van der Waals surface area contributed by atoms with Crippen LogP contribution in [0.25, 0.3) is 0 Å². The lowest BCUT2D eigenvalue weighted by Gasteiger charge is -2.35. The Hall–Kier alpha value is -1.43. The molecule has 2 heterocycles. The van der Waals surface area contributed by atoms with Crippen molar-refractivity contribution >= 4 is 17.8 Å². The molecule has 2 rings (SSSR count). The van der Waals surface area contributed by atoms with E-state index in [4.69, 9.17) is 4.74 Å². The quantitative estimate of drug-likeness (QED) is 0.526. The van der Waals surface area contributed by atoms with E-state index in [0.717, 1.165) is 17.7 Å². The molecular weight excluding hydrogens is 212 g/mol. The minimum absolute atomic E-state index is 0.143. The van der Waals surface area contributed by atoms with Gasteiger partial charge in [-0.2, -0.15) is 0 Å². The first kappa shape index (κ1) is 11.1. The standard InChI is InChI=1S/C10H14N2O4/c1-10(2-4-16-5-3-10)6-12-8(14)7(13)11-9(12)15/h2-6H2,1H3,(H,11,13,15). The smallest absolute Gasteiger partial charge is 0.331 e. The van der Waals surface area contributed by atoms with Crippen LogP contribution in [-0.2, 0) is 14.3 Å². The molecule has 2 saturated heterocycles. The first-order chi connectivity index (χ1) is 7.52. The molecule has 88 valence electrons. The van der Waals surface area contributed by atoms with Gasteiger partial charge in [0.05, 0.1) is 0 Å². The monoisotopic (exact) mass is 226 g/mol. The summed E-state index contributed by atoms with van der Waals surface area (Å²) >= 11 is 0. The Labute approximate surface area is 92.9 Å². The van der Waals surface area contributed by atoms with Crippen molar-refractivity contribution in [2.45, 2.75) is 19.8 Å². The Bertz CT molecular complexity index is 347. The van der Waals surface area contributed by atoms with Crippen LogP contribution in [-0.4, -0.2) is 42.5 Å². The van der Waals surface area contributed by atoms with E-state index < -0.39 is 17.8 Å². The summed E-state index contributed by atoms with van der Waals surface area (Å²) in [6.07, 6.45) is 1.58. The molecule has 0 radical (unpaired) electrons. The molecule has 0 aromatic heterocycles.